The molecule has 0 radical (unpaired) electrons. The molecule has 0 spiro atoms. The van der Waals surface area contributed by atoms with Gasteiger partial charge in [-0.1, -0.05) is 13.8 Å². The third-order valence-electron chi connectivity index (χ3n) is 13.3. The van der Waals surface area contributed by atoms with Gasteiger partial charge in [-0.05, 0) is 80.2 Å². The Bertz CT molecular complexity index is 2570. The van der Waals surface area contributed by atoms with Crippen molar-refractivity contribution in [3.63, 3.8) is 0 Å². The van der Waals surface area contributed by atoms with Crippen LogP contribution in [-0.2, 0) is 33.3 Å². The Balaban J connectivity index is 1.37. The van der Waals surface area contributed by atoms with E-state index in [9.17, 15) is 14.4 Å². The number of aromatic amines is 2. The van der Waals surface area contributed by atoms with Crippen LogP contribution in [0, 0.1) is 13.8 Å². The number of carbonyl (C=O) groups is 4. The van der Waals surface area contributed by atoms with Crippen molar-refractivity contribution >= 4 is 63.0 Å². The van der Waals surface area contributed by atoms with Crippen LogP contribution in [0.2, 0.25) is 0 Å². The second kappa shape index (κ2) is 22.5. The third-order valence-corrected chi connectivity index (χ3v) is 13.3. The average molecular weight is 923 g/mol. The van der Waals surface area contributed by atoms with Gasteiger partial charge in [-0.2, -0.15) is 0 Å². The molecule has 1 saturated heterocycles. The van der Waals surface area contributed by atoms with Gasteiger partial charge in [0.2, 0.25) is 5.91 Å². The van der Waals surface area contributed by atoms with Gasteiger partial charge in [-0.25, -0.2) is 9.78 Å². The number of rotatable bonds is 20. The number of fused-ring (bicyclic) bond motifs is 8. The second-order valence-corrected chi connectivity index (χ2v) is 17.4. The molecular weight excluding hydrogens is 857 g/mol. The van der Waals surface area contributed by atoms with Crippen molar-refractivity contribution < 1.29 is 42.9 Å². The number of carbonyl (C=O) groups excluding carboxylic acids is 4. The van der Waals surface area contributed by atoms with Crippen LogP contribution in [0.5, 0.6) is 0 Å². The number of nitrogens with zero attached hydrogens (tertiary/aromatic N) is 5. The van der Waals surface area contributed by atoms with Gasteiger partial charge in [0, 0.05) is 106 Å². The monoisotopic (exact) mass is 922 g/mol. The number of hydrogen-bond acceptors (Lipinski definition) is 13. The van der Waals surface area contributed by atoms with Crippen LogP contribution in [0.4, 0.5) is 0 Å². The minimum Gasteiger partial charge on any atom is -0.460 e. The molecule has 0 saturated carbocycles. The largest absolute Gasteiger partial charge is 0.460 e. The molecule has 360 valence electrons. The molecule has 3 amide bonds. The number of hydrogen-bond donors (Lipinski definition) is 3. The standard InChI is InChI=1S/C50H66N8O9/c1-8-34-30(2)38-28-42-35(10-12-44(60)67-26-25-66-24-23-65-22-21-63-7)31(3)37(53-42)27-39-32(4)36(9-11-43(59)56(6)14-13-51)47(54-39)46-48-45(33(5)40(55-48)29-41(34)52-38)49(61)58(50(46)62)16-15-57-17-19-64-20-18-57/h10,12,27-29,32,36,53,55H,8-9,11,13-26,51H2,1-7H3/b12-10+,37-27?,38-28?,39-27?,40-29?,41-29?,42-28?,47-46?/t32-,36-/m0/s1. The summed E-state index contributed by atoms with van der Waals surface area (Å²) in [6.45, 7) is 16.2. The number of nitrogens with one attached hydrogen (secondary N) is 2. The fourth-order valence-electron chi connectivity index (χ4n) is 9.28. The Morgan fingerprint density at radius 3 is 2.30 bits per heavy atom. The number of amides is 3. The summed E-state index contributed by atoms with van der Waals surface area (Å²) in [4.78, 5) is 79.1. The van der Waals surface area contributed by atoms with Crippen molar-refractivity contribution in [2.24, 2.45) is 5.73 Å². The summed E-state index contributed by atoms with van der Waals surface area (Å²) in [6, 6.07) is 5.94. The van der Waals surface area contributed by atoms with Crippen molar-refractivity contribution in [2.45, 2.75) is 65.7 Å². The molecule has 4 aliphatic heterocycles. The number of aryl methyl sites for hydroxylation is 2. The normalized spacial score (nSPS) is 17.6. The van der Waals surface area contributed by atoms with Crippen molar-refractivity contribution in [3.05, 3.63) is 74.9 Å². The maximum Gasteiger partial charge on any atom is 0.330 e. The number of likely N-dealkylation sites (N-methyl/N-ethyl adjacent to an activating group) is 1. The number of methoxy groups -OCH3 is 1. The highest BCUT2D eigenvalue weighted by Gasteiger charge is 2.41. The molecule has 4 aliphatic rings. The molecule has 7 rings (SSSR count). The Morgan fingerprint density at radius 2 is 1.58 bits per heavy atom. The van der Waals surface area contributed by atoms with Crippen molar-refractivity contribution in [3.8, 4) is 0 Å². The van der Waals surface area contributed by atoms with E-state index in [1.807, 2.05) is 39.0 Å². The van der Waals surface area contributed by atoms with Crippen LogP contribution >= 0.6 is 0 Å². The van der Waals surface area contributed by atoms with E-state index in [1.54, 1.807) is 25.1 Å². The summed E-state index contributed by atoms with van der Waals surface area (Å²) < 4.78 is 27.0. The van der Waals surface area contributed by atoms with Gasteiger partial charge in [0.1, 0.15) is 6.61 Å². The molecule has 67 heavy (non-hydrogen) atoms. The number of H-pyrrole nitrogens is 2. The van der Waals surface area contributed by atoms with Gasteiger partial charge < -0.3 is 44.3 Å². The van der Waals surface area contributed by atoms with E-state index >= 15 is 4.79 Å². The number of esters is 1. The first-order valence-electron chi connectivity index (χ1n) is 23.4. The Hall–Kier alpha value is -5.56. The fourth-order valence-corrected chi connectivity index (χ4v) is 9.28. The summed E-state index contributed by atoms with van der Waals surface area (Å²) in [5.41, 5.74) is 16.3. The summed E-state index contributed by atoms with van der Waals surface area (Å²) in [6.07, 6.45) is 4.46. The molecule has 1 fully saturated rings. The number of imide groups is 1. The molecule has 17 heteroatoms. The molecule has 0 aliphatic carbocycles. The Kier molecular flexibility index (Phi) is 16.6. The van der Waals surface area contributed by atoms with E-state index in [0.717, 1.165) is 44.7 Å². The van der Waals surface area contributed by atoms with Gasteiger partial charge in [-0.3, -0.25) is 29.2 Å². The molecule has 0 unspecified atom stereocenters. The quantitative estimate of drug-likeness (QED) is 0.0553. The van der Waals surface area contributed by atoms with E-state index in [-0.39, 0.29) is 49.8 Å². The molecule has 3 aromatic rings. The zero-order chi connectivity index (χ0) is 47.8. The molecule has 4 N–H and O–H groups in total. The van der Waals surface area contributed by atoms with E-state index < -0.39 is 11.9 Å². The second-order valence-electron chi connectivity index (χ2n) is 17.4. The molecule has 8 bridgehead atoms. The SMILES string of the molecule is CCC1=C(C)c2cc3[nH]c(cc4nc(c5c6[nH]c(cc1n2)c(C)c6C(=O)N(CCN1CCOCC1)C5=O)[C@@H](CCC(=O)N(C)CCN)[C@@H]4C)c(C)c3/C=C/C(=O)OCCOCCOCCOC. The van der Waals surface area contributed by atoms with Crippen molar-refractivity contribution in [2.75, 3.05) is 106 Å². The summed E-state index contributed by atoms with van der Waals surface area (Å²) >= 11 is 0. The first kappa shape index (κ1) is 49.3. The predicted molar refractivity (Wildman–Crippen MR) is 256 cm³/mol. The highest BCUT2D eigenvalue weighted by molar-refractivity contribution is 6.23. The van der Waals surface area contributed by atoms with Gasteiger partial charge in [0.05, 0.1) is 80.0 Å². The highest BCUT2D eigenvalue weighted by atomic mass is 16.6. The van der Waals surface area contributed by atoms with Gasteiger partial charge >= 0.3 is 5.97 Å². The first-order valence-corrected chi connectivity index (χ1v) is 23.4. The Morgan fingerprint density at radius 1 is 0.896 bits per heavy atom. The summed E-state index contributed by atoms with van der Waals surface area (Å²) in [5, 5.41) is 0. The average Bonchev–Trinajstić information content (AvgIpc) is 4.00. The summed E-state index contributed by atoms with van der Waals surface area (Å²) in [5.74, 6) is -1.95. The van der Waals surface area contributed by atoms with Gasteiger partial charge in [0.25, 0.3) is 11.8 Å². The molecular formula is C50H66N8O9. The maximum atomic E-state index is 15.1. The number of allylic oxidation sites excluding steroid dienone is 2. The summed E-state index contributed by atoms with van der Waals surface area (Å²) in [7, 11) is 3.36. The zero-order valence-electron chi connectivity index (χ0n) is 40.0. The van der Waals surface area contributed by atoms with Gasteiger partial charge in [-0.15, -0.1) is 0 Å². The van der Waals surface area contributed by atoms with Gasteiger partial charge in [0.15, 0.2) is 0 Å². The number of aromatic nitrogens is 4. The molecule has 3 aromatic heterocycles. The lowest BCUT2D eigenvalue weighted by Crippen LogP contribution is -2.47. The van der Waals surface area contributed by atoms with E-state index in [0.29, 0.717) is 124 Å². The van der Waals surface area contributed by atoms with Crippen LogP contribution in [0.25, 0.3) is 39.3 Å². The molecule has 2 atom stereocenters. The lowest BCUT2D eigenvalue weighted by Gasteiger charge is -2.31. The highest BCUT2D eigenvalue weighted by Crippen LogP contribution is 2.44. The van der Waals surface area contributed by atoms with Crippen LogP contribution < -0.4 is 5.73 Å². The first-order chi connectivity index (χ1) is 32.4. The lowest BCUT2D eigenvalue weighted by molar-refractivity contribution is -0.139. The molecule has 17 nitrogen and oxygen atoms in total. The Labute approximate surface area is 392 Å². The topological polar surface area (TPSA) is 208 Å². The minimum atomic E-state index is -0.516. The van der Waals surface area contributed by atoms with Crippen LogP contribution in [-0.4, -0.2) is 165 Å². The predicted octanol–water partition coefficient (Wildman–Crippen LogP) is 5.52. The minimum absolute atomic E-state index is 0.0574. The van der Waals surface area contributed by atoms with Crippen molar-refractivity contribution in [1.82, 2.24) is 34.6 Å². The fraction of sp³-hybridized carbons (Fsp3) is 0.520. The van der Waals surface area contributed by atoms with E-state index in [4.69, 9.17) is 39.4 Å². The molecule has 0 aromatic carbocycles. The van der Waals surface area contributed by atoms with Crippen molar-refractivity contribution in [1.29, 1.82) is 0 Å². The van der Waals surface area contributed by atoms with E-state index in [2.05, 4.69) is 28.7 Å². The lowest BCUT2D eigenvalue weighted by atomic mass is 9.84. The molecule has 7 heterocycles. The van der Waals surface area contributed by atoms with Crippen LogP contribution in [0.3, 0.4) is 0 Å². The number of morpholine rings is 1. The van der Waals surface area contributed by atoms with Crippen LogP contribution in [0.15, 0.2) is 24.3 Å². The number of nitrogens with two attached hydrogens (primary N) is 1. The maximum absolute atomic E-state index is 15.1. The van der Waals surface area contributed by atoms with Crippen LogP contribution in [0.1, 0.15) is 112 Å². The van der Waals surface area contributed by atoms with E-state index in [1.165, 1.54) is 11.0 Å². The smallest absolute Gasteiger partial charge is 0.330 e. The number of ether oxygens (including phenoxy) is 5. The zero-order valence-corrected chi connectivity index (χ0v) is 40.0. The third kappa shape index (κ3) is 10.9.